The summed E-state index contributed by atoms with van der Waals surface area (Å²) in [5.74, 6) is 0.440. The van der Waals surface area contributed by atoms with Gasteiger partial charge in [-0.1, -0.05) is 327 Å². The monoisotopic (exact) mass is 1810 g/mol. The summed E-state index contributed by atoms with van der Waals surface area (Å²) in [7, 11) is 0. The summed E-state index contributed by atoms with van der Waals surface area (Å²) >= 11 is 0. The van der Waals surface area contributed by atoms with E-state index in [2.05, 4.69) is 108 Å². The molecule has 0 saturated carbocycles. The quantitative estimate of drug-likeness (QED) is 0.0310. The molecule has 6 aliphatic rings. The fourth-order valence-corrected chi connectivity index (χ4v) is 17.3. The summed E-state index contributed by atoms with van der Waals surface area (Å²) in [5, 5.41) is 17.8. The summed E-state index contributed by atoms with van der Waals surface area (Å²) < 4.78 is 0. The van der Waals surface area contributed by atoms with Crippen LogP contribution >= 0.6 is 0 Å². The molecule has 6 heterocycles. The molecule has 6 aliphatic heterocycles. The van der Waals surface area contributed by atoms with E-state index in [0.717, 1.165) is 168 Å². The minimum atomic E-state index is -0.134. The summed E-state index contributed by atoms with van der Waals surface area (Å²) in [6, 6.07) is 0. The Hall–Kier alpha value is -6.36. The van der Waals surface area contributed by atoms with Crippen molar-refractivity contribution < 1.29 is 57.5 Å². The molecule has 6 unspecified atom stereocenters. The number of amides is 12. The lowest BCUT2D eigenvalue weighted by atomic mass is 10.0. The third kappa shape index (κ3) is 58.5. The highest BCUT2D eigenvalue weighted by atomic mass is 16.2. The Morgan fingerprint density at radius 3 is 0.523 bits per heavy atom. The Bertz CT molecular complexity index is 2910. The standard InChI is InChI=1S/C26H50N2O2.C18H34N2O2.C17H32N2O2.C16H30N2O2.C14H26N2O2.C13H24N2O2/c1-3-5-7-8-9-10-11-12-13-14-15-16-17-19-21-28-23-24(22-25(28)29)26(30)27-20-18-6-4-2;1-3-5-7-9-11-13-20-15-16(14-17(20)21)18(22)19-12-10-8-6-4-2;1-3-5-7-9-11-18-17(21)15-13-16(20)19(14-15)12-10-8-6-4-2;1-3-5-7-8-10-17-16(20)14-12-15(19)18(13-14)11-9-6-4-2;1-3-5-6-7-8-15-14(18)12-10-13(17)16(11-12)9-4-2;1-3-5-6-7-8-14-13(17)11-9-12(16)15(4-2)10-11/h24H,3-23H2,1-2H3,(H,27,30);16H,3-15H2,1-2H3,(H,19,22);15H,3-14H2,1-2H3,(H,18,21);14H,3-13H2,1-2H3,(H,17,20);12H,3-11H2,1-2H3,(H,15,18);11H,3-10H2,1-2H3,(H,14,17). The van der Waals surface area contributed by atoms with Crippen LogP contribution in [0.3, 0.4) is 0 Å². The molecule has 24 nitrogen and oxygen atoms in total. The number of likely N-dealkylation sites (tertiary alicyclic amines) is 6. The van der Waals surface area contributed by atoms with Crippen molar-refractivity contribution in [3.63, 3.8) is 0 Å². The number of nitrogens with zero attached hydrogens (tertiary/aromatic N) is 6. The largest absolute Gasteiger partial charge is 0.356 e. The van der Waals surface area contributed by atoms with Crippen LogP contribution in [0.2, 0.25) is 0 Å². The molecule has 6 N–H and O–H groups in total. The highest BCUT2D eigenvalue weighted by Gasteiger charge is 2.39. The maximum atomic E-state index is 12.2. The van der Waals surface area contributed by atoms with Gasteiger partial charge in [-0.2, -0.15) is 0 Å². The zero-order valence-corrected chi connectivity index (χ0v) is 84.4. The molecule has 0 aromatic carbocycles. The Morgan fingerprint density at radius 2 is 0.328 bits per heavy atom. The van der Waals surface area contributed by atoms with Gasteiger partial charge in [0.05, 0.1) is 35.5 Å². The zero-order chi connectivity index (χ0) is 94.4. The first-order valence-corrected chi connectivity index (χ1v) is 53.4. The summed E-state index contributed by atoms with van der Waals surface area (Å²) in [6.07, 6.45) is 62.8. The van der Waals surface area contributed by atoms with Crippen molar-refractivity contribution >= 4 is 70.9 Å². The Morgan fingerprint density at radius 1 is 0.188 bits per heavy atom. The molecule has 0 aliphatic carbocycles. The molecule has 128 heavy (non-hydrogen) atoms. The predicted octanol–water partition coefficient (Wildman–Crippen LogP) is 19.5. The summed E-state index contributed by atoms with van der Waals surface area (Å²) in [6.45, 7) is 38.8. The Balaban J connectivity index is 0.000000776. The van der Waals surface area contributed by atoms with Gasteiger partial charge in [0.25, 0.3) is 0 Å². The van der Waals surface area contributed by atoms with Gasteiger partial charge in [-0.25, -0.2) is 0 Å². The molecule has 0 aromatic heterocycles. The molecule has 0 spiro atoms. The van der Waals surface area contributed by atoms with Gasteiger partial charge in [-0.15, -0.1) is 0 Å². The second-order valence-corrected chi connectivity index (χ2v) is 37.6. The van der Waals surface area contributed by atoms with Crippen molar-refractivity contribution in [1.82, 2.24) is 61.3 Å². The highest BCUT2D eigenvalue weighted by molar-refractivity contribution is 5.92. The fourth-order valence-electron chi connectivity index (χ4n) is 17.3. The van der Waals surface area contributed by atoms with E-state index in [9.17, 15) is 57.5 Å². The molecule has 6 rings (SSSR count). The number of hydrogen-bond acceptors (Lipinski definition) is 12. The van der Waals surface area contributed by atoms with Crippen LogP contribution in [0.15, 0.2) is 0 Å². The van der Waals surface area contributed by atoms with E-state index in [-0.39, 0.29) is 106 Å². The van der Waals surface area contributed by atoms with Crippen LogP contribution in [0, 0.1) is 35.5 Å². The SMILES string of the molecule is CCCCCCCCCCCCCCCCN1CC(C(=O)NCCCCC)CC1=O.CCCCCCCN1CC(C(=O)NCCCCCC)CC1=O.CCCCCCNC(=O)C1CC(=O)N(CC)C1.CCCCCCNC(=O)C1CC(=O)N(CCC)C1.CCCCCCNC(=O)C1CC(=O)N(CCCCC)C1.CCCCCCNC(=O)C1CC(=O)N(CCCCCC)C1. The maximum Gasteiger partial charge on any atom is 0.225 e. The predicted molar refractivity (Wildman–Crippen MR) is 525 cm³/mol. The van der Waals surface area contributed by atoms with Gasteiger partial charge in [-0.05, 0) is 77.6 Å². The second-order valence-electron chi connectivity index (χ2n) is 37.6. The number of carbonyl (C=O) groups is 12. The third-order valence-electron chi connectivity index (χ3n) is 25.7. The Labute approximate surface area is 781 Å². The van der Waals surface area contributed by atoms with Crippen LogP contribution in [0.1, 0.15) is 443 Å². The zero-order valence-electron chi connectivity index (χ0n) is 84.4. The van der Waals surface area contributed by atoms with Crippen molar-refractivity contribution in [2.75, 3.05) is 118 Å². The van der Waals surface area contributed by atoms with Gasteiger partial charge in [0.2, 0.25) is 70.9 Å². The minimum absolute atomic E-state index is 0.0470. The highest BCUT2D eigenvalue weighted by Crippen LogP contribution is 2.26. The molecular formula is C104H196N12O12. The van der Waals surface area contributed by atoms with Crippen LogP contribution in [0.25, 0.3) is 0 Å². The number of unbranched alkanes of at least 4 members (excludes halogenated alkanes) is 39. The second kappa shape index (κ2) is 81.4. The van der Waals surface area contributed by atoms with Crippen LogP contribution in [0.5, 0.6) is 0 Å². The Kier molecular flexibility index (Phi) is 76.1. The number of hydrogen-bond donors (Lipinski definition) is 6. The molecule has 0 bridgehead atoms. The van der Waals surface area contributed by atoms with E-state index in [0.29, 0.717) is 84.3 Å². The fraction of sp³-hybridized carbons (Fsp3) is 0.885. The van der Waals surface area contributed by atoms with Crippen LogP contribution < -0.4 is 31.9 Å². The maximum absolute atomic E-state index is 12.2. The smallest absolute Gasteiger partial charge is 0.225 e. The number of nitrogens with one attached hydrogen (secondary N) is 6. The number of carbonyl (C=O) groups excluding carboxylic acids is 12. The van der Waals surface area contributed by atoms with Crippen LogP contribution in [-0.4, -0.2) is 218 Å². The van der Waals surface area contributed by atoms with E-state index in [1.165, 1.54) is 225 Å². The van der Waals surface area contributed by atoms with Gasteiger partial charge in [0.15, 0.2) is 0 Å². The average molecular weight is 1810 g/mol. The summed E-state index contributed by atoms with van der Waals surface area (Å²) in [4.78, 5) is 154. The molecule has 6 saturated heterocycles. The van der Waals surface area contributed by atoms with Gasteiger partial charge in [-0.3, -0.25) is 57.5 Å². The van der Waals surface area contributed by atoms with Gasteiger partial charge >= 0.3 is 0 Å². The molecule has 744 valence electrons. The molecule has 0 aromatic rings. The lowest BCUT2D eigenvalue weighted by Crippen LogP contribution is -2.33. The van der Waals surface area contributed by atoms with Crippen molar-refractivity contribution in [3.05, 3.63) is 0 Å². The van der Waals surface area contributed by atoms with E-state index in [1.54, 1.807) is 9.80 Å². The molecule has 24 heteroatoms. The van der Waals surface area contributed by atoms with Crippen LogP contribution in [-0.2, 0) is 57.5 Å². The lowest BCUT2D eigenvalue weighted by Gasteiger charge is -2.16. The van der Waals surface area contributed by atoms with Gasteiger partial charge < -0.3 is 61.3 Å². The summed E-state index contributed by atoms with van der Waals surface area (Å²) in [5.41, 5.74) is 0. The van der Waals surface area contributed by atoms with Crippen molar-refractivity contribution in [2.45, 2.75) is 443 Å². The molecule has 0 radical (unpaired) electrons. The van der Waals surface area contributed by atoms with Crippen LogP contribution in [0.4, 0.5) is 0 Å². The number of rotatable bonds is 68. The topological polar surface area (TPSA) is 296 Å². The molecule has 12 amide bonds. The third-order valence-corrected chi connectivity index (χ3v) is 25.7. The van der Waals surface area contributed by atoms with Gasteiger partial charge in [0.1, 0.15) is 0 Å². The normalized spacial score (nSPS) is 18.2. The first-order valence-electron chi connectivity index (χ1n) is 53.4. The first kappa shape index (κ1) is 120. The average Bonchev–Trinajstić information content (AvgIpc) is 1.75. The molecule has 6 fully saturated rings. The van der Waals surface area contributed by atoms with E-state index < -0.39 is 0 Å². The van der Waals surface area contributed by atoms with Crippen molar-refractivity contribution in [2.24, 2.45) is 35.5 Å². The van der Waals surface area contributed by atoms with E-state index >= 15 is 0 Å². The van der Waals surface area contributed by atoms with E-state index in [1.807, 2.05) is 26.5 Å². The van der Waals surface area contributed by atoms with Crippen molar-refractivity contribution in [3.8, 4) is 0 Å². The first-order chi connectivity index (χ1) is 62.1. The molecular weight excluding hydrogens is 1610 g/mol. The van der Waals surface area contributed by atoms with Gasteiger partial charge in [0, 0.05) is 156 Å². The van der Waals surface area contributed by atoms with Crippen molar-refractivity contribution in [1.29, 1.82) is 0 Å². The van der Waals surface area contributed by atoms with E-state index in [4.69, 9.17) is 0 Å². The molecule has 6 atom stereocenters. The lowest BCUT2D eigenvalue weighted by molar-refractivity contribution is -0.129. The minimum Gasteiger partial charge on any atom is -0.356 e.